The van der Waals surface area contributed by atoms with Gasteiger partial charge in [-0.05, 0) is 31.5 Å². The molecule has 100 valence electrons. The van der Waals surface area contributed by atoms with Crippen LogP contribution in [-0.4, -0.2) is 34.4 Å². The van der Waals surface area contributed by atoms with E-state index in [0.29, 0.717) is 31.0 Å². The molecule has 18 heavy (non-hydrogen) atoms. The van der Waals surface area contributed by atoms with E-state index in [0.717, 1.165) is 0 Å². The van der Waals surface area contributed by atoms with Crippen molar-refractivity contribution < 1.29 is 13.2 Å². The molecule has 0 spiro atoms. The van der Waals surface area contributed by atoms with E-state index in [2.05, 4.69) is 10.2 Å². The highest BCUT2D eigenvalue weighted by atomic mass is 19.4. The Balaban J connectivity index is 1.95. The largest absolute Gasteiger partial charge is 0.393 e. The normalized spacial score (nSPS) is 22.1. The molecule has 2 rings (SSSR count). The number of alkyl halides is 3. The predicted octanol–water partition coefficient (Wildman–Crippen LogP) is 1.83. The zero-order valence-electron chi connectivity index (χ0n) is 9.82. The van der Waals surface area contributed by atoms with Crippen LogP contribution in [0.4, 0.5) is 19.0 Å². The minimum atomic E-state index is -4.11. The van der Waals surface area contributed by atoms with E-state index in [1.165, 1.54) is 0 Å². The lowest BCUT2D eigenvalue weighted by atomic mass is 9.97. The molecule has 1 saturated heterocycles. The van der Waals surface area contributed by atoms with Crippen molar-refractivity contribution in [1.29, 1.82) is 0 Å². The fraction of sp³-hybridized carbons (Fsp3) is 0.636. The first kappa shape index (κ1) is 13.1. The van der Waals surface area contributed by atoms with Gasteiger partial charge in [-0.3, -0.25) is 4.90 Å². The summed E-state index contributed by atoms with van der Waals surface area (Å²) in [4.78, 5) is 1.77. The van der Waals surface area contributed by atoms with Crippen LogP contribution in [0.5, 0.6) is 0 Å². The van der Waals surface area contributed by atoms with Gasteiger partial charge in [0.05, 0.1) is 11.6 Å². The Hall–Kier alpha value is -1.37. The van der Waals surface area contributed by atoms with Gasteiger partial charge >= 0.3 is 6.18 Å². The number of nitrogens with zero attached hydrogens (tertiary/aromatic N) is 3. The predicted molar refractivity (Wildman–Crippen MR) is 60.5 cm³/mol. The SMILES string of the molecule is Nc1ccc(CN2CCCC(C(F)(F)F)C2)nn1. The van der Waals surface area contributed by atoms with E-state index < -0.39 is 12.1 Å². The molecule has 0 aliphatic carbocycles. The molecule has 0 saturated carbocycles. The summed E-state index contributed by atoms with van der Waals surface area (Å²) < 4.78 is 37.9. The second kappa shape index (κ2) is 5.09. The molecule has 1 unspecified atom stereocenters. The average molecular weight is 260 g/mol. The molecule has 0 radical (unpaired) electrons. The van der Waals surface area contributed by atoms with Crippen molar-refractivity contribution in [3.63, 3.8) is 0 Å². The molecule has 1 fully saturated rings. The number of piperidine rings is 1. The molecule has 0 bridgehead atoms. The van der Waals surface area contributed by atoms with Crippen LogP contribution in [0, 0.1) is 5.92 Å². The molecular formula is C11H15F3N4. The third kappa shape index (κ3) is 3.32. The van der Waals surface area contributed by atoms with Crippen molar-refractivity contribution >= 4 is 5.82 Å². The van der Waals surface area contributed by atoms with Crippen LogP contribution in [0.2, 0.25) is 0 Å². The Morgan fingerprint density at radius 3 is 2.72 bits per heavy atom. The van der Waals surface area contributed by atoms with Crippen molar-refractivity contribution in [2.45, 2.75) is 25.6 Å². The van der Waals surface area contributed by atoms with E-state index in [1.54, 1.807) is 17.0 Å². The highest BCUT2D eigenvalue weighted by Crippen LogP contribution is 2.33. The van der Waals surface area contributed by atoms with Crippen LogP contribution < -0.4 is 5.73 Å². The van der Waals surface area contributed by atoms with E-state index in [9.17, 15) is 13.2 Å². The molecule has 1 aliphatic rings. The molecular weight excluding hydrogens is 245 g/mol. The van der Waals surface area contributed by atoms with Crippen molar-refractivity contribution in [2.24, 2.45) is 5.92 Å². The van der Waals surface area contributed by atoms with Gasteiger partial charge in [0.1, 0.15) is 5.82 Å². The first-order valence-electron chi connectivity index (χ1n) is 5.82. The summed E-state index contributed by atoms with van der Waals surface area (Å²) >= 11 is 0. The maximum Gasteiger partial charge on any atom is 0.393 e. The molecule has 7 heteroatoms. The Kier molecular flexibility index (Phi) is 3.70. The Labute approximate surface area is 103 Å². The van der Waals surface area contributed by atoms with Crippen LogP contribution in [0.15, 0.2) is 12.1 Å². The van der Waals surface area contributed by atoms with Gasteiger partial charge < -0.3 is 5.73 Å². The zero-order valence-corrected chi connectivity index (χ0v) is 9.82. The first-order chi connectivity index (χ1) is 8.45. The fourth-order valence-electron chi connectivity index (χ4n) is 2.15. The van der Waals surface area contributed by atoms with Crippen molar-refractivity contribution in [1.82, 2.24) is 15.1 Å². The number of likely N-dealkylation sites (tertiary alicyclic amines) is 1. The number of rotatable bonds is 2. The summed E-state index contributed by atoms with van der Waals surface area (Å²) in [6, 6.07) is 3.30. The maximum atomic E-state index is 12.6. The topological polar surface area (TPSA) is 55.0 Å². The Morgan fingerprint density at radius 2 is 2.11 bits per heavy atom. The number of halogens is 3. The van der Waals surface area contributed by atoms with E-state index in [1.807, 2.05) is 0 Å². The van der Waals surface area contributed by atoms with Crippen molar-refractivity contribution in [3.05, 3.63) is 17.8 Å². The fourth-order valence-corrected chi connectivity index (χ4v) is 2.15. The van der Waals surface area contributed by atoms with Crippen LogP contribution in [0.25, 0.3) is 0 Å². The third-order valence-corrected chi connectivity index (χ3v) is 3.09. The quantitative estimate of drug-likeness (QED) is 0.881. The molecule has 1 atom stereocenters. The van der Waals surface area contributed by atoms with E-state index in [-0.39, 0.29) is 13.0 Å². The number of aromatic nitrogens is 2. The number of anilines is 1. The number of hydrogen-bond donors (Lipinski definition) is 1. The van der Waals surface area contributed by atoms with Gasteiger partial charge in [-0.25, -0.2) is 0 Å². The summed E-state index contributed by atoms with van der Waals surface area (Å²) in [6.07, 6.45) is -3.33. The molecule has 1 aromatic heterocycles. The molecule has 1 aliphatic heterocycles. The molecule has 0 aromatic carbocycles. The van der Waals surface area contributed by atoms with E-state index >= 15 is 0 Å². The number of hydrogen-bond acceptors (Lipinski definition) is 4. The van der Waals surface area contributed by atoms with Crippen LogP contribution >= 0.6 is 0 Å². The molecule has 2 heterocycles. The van der Waals surface area contributed by atoms with Gasteiger partial charge in [-0.1, -0.05) is 0 Å². The van der Waals surface area contributed by atoms with Gasteiger partial charge in [-0.2, -0.15) is 18.3 Å². The van der Waals surface area contributed by atoms with Gasteiger partial charge in [0.25, 0.3) is 0 Å². The Bertz CT molecular complexity index is 390. The smallest absolute Gasteiger partial charge is 0.382 e. The monoisotopic (exact) mass is 260 g/mol. The summed E-state index contributed by atoms with van der Waals surface area (Å²) in [7, 11) is 0. The lowest BCUT2D eigenvalue weighted by Gasteiger charge is -2.33. The minimum Gasteiger partial charge on any atom is -0.382 e. The summed E-state index contributed by atoms with van der Waals surface area (Å²) in [6.45, 7) is 1.09. The molecule has 2 N–H and O–H groups in total. The maximum absolute atomic E-state index is 12.6. The van der Waals surface area contributed by atoms with Crippen LogP contribution in [-0.2, 0) is 6.54 Å². The van der Waals surface area contributed by atoms with Crippen molar-refractivity contribution in [2.75, 3.05) is 18.8 Å². The van der Waals surface area contributed by atoms with Crippen LogP contribution in [0.3, 0.4) is 0 Å². The average Bonchev–Trinajstić information content (AvgIpc) is 2.31. The van der Waals surface area contributed by atoms with Crippen molar-refractivity contribution in [3.8, 4) is 0 Å². The lowest BCUT2D eigenvalue weighted by Crippen LogP contribution is -2.41. The zero-order chi connectivity index (χ0) is 13.2. The second-order valence-corrected chi connectivity index (χ2v) is 4.57. The van der Waals surface area contributed by atoms with Gasteiger partial charge in [0.15, 0.2) is 0 Å². The van der Waals surface area contributed by atoms with E-state index in [4.69, 9.17) is 5.73 Å². The highest BCUT2D eigenvalue weighted by Gasteiger charge is 2.41. The van der Waals surface area contributed by atoms with Gasteiger partial charge in [-0.15, -0.1) is 5.10 Å². The highest BCUT2D eigenvalue weighted by molar-refractivity contribution is 5.25. The minimum absolute atomic E-state index is 0.0373. The molecule has 1 aromatic rings. The number of nitrogen functional groups attached to an aromatic ring is 1. The van der Waals surface area contributed by atoms with Crippen LogP contribution in [0.1, 0.15) is 18.5 Å². The van der Waals surface area contributed by atoms with Gasteiger partial charge in [0.2, 0.25) is 0 Å². The second-order valence-electron chi connectivity index (χ2n) is 4.57. The summed E-state index contributed by atoms with van der Waals surface area (Å²) in [5.41, 5.74) is 6.05. The first-order valence-corrected chi connectivity index (χ1v) is 5.82. The molecule has 4 nitrogen and oxygen atoms in total. The lowest BCUT2D eigenvalue weighted by molar-refractivity contribution is -0.187. The summed E-state index contributed by atoms with van der Waals surface area (Å²) in [5.74, 6) is -0.918. The standard InChI is InChI=1S/C11H15F3N4/c12-11(13,14)8-2-1-5-18(6-8)7-9-3-4-10(15)17-16-9/h3-4,8H,1-2,5-7H2,(H2,15,17). The Morgan fingerprint density at radius 1 is 1.33 bits per heavy atom. The number of nitrogens with two attached hydrogens (primary N) is 1. The van der Waals surface area contributed by atoms with Gasteiger partial charge in [0, 0.05) is 13.1 Å². The third-order valence-electron chi connectivity index (χ3n) is 3.09. The molecule has 0 amide bonds. The summed E-state index contributed by atoms with van der Waals surface area (Å²) in [5, 5.41) is 7.55.